The first-order valence-corrected chi connectivity index (χ1v) is 10.0. The van der Waals surface area contributed by atoms with Gasteiger partial charge >= 0.3 is 6.03 Å². The fraction of sp³-hybridized carbons (Fsp3) is 0.190. The normalized spacial score (nSPS) is 15.3. The van der Waals surface area contributed by atoms with Crippen molar-refractivity contribution in [1.29, 1.82) is 0 Å². The van der Waals surface area contributed by atoms with Gasteiger partial charge in [-0.3, -0.25) is 14.9 Å². The number of carbonyl (C=O) groups is 3. The Hall–Kier alpha value is -3.08. The van der Waals surface area contributed by atoms with Gasteiger partial charge in [0.2, 0.25) is 0 Å². The molecule has 2 aromatic carbocycles. The van der Waals surface area contributed by atoms with E-state index in [4.69, 9.17) is 14.2 Å². The molecule has 1 aliphatic rings. The molecule has 4 amide bonds. The van der Waals surface area contributed by atoms with Crippen LogP contribution in [-0.2, 0) is 9.59 Å². The Bertz CT molecular complexity index is 1030. The van der Waals surface area contributed by atoms with Gasteiger partial charge < -0.3 is 14.2 Å². The molecule has 1 heterocycles. The van der Waals surface area contributed by atoms with Crippen molar-refractivity contribution in [2.45, 2.75) is 6.92 Å². The summed E-state index contributed by atoms with van der Waals surface area (Å²) in [5, 5.41) is 2.20. The van der Waals surface area contributed by atoms with E-state index < -0.39 is 17.8 Å². The lowest BCUT2D eigenvalue weighted by atomic mass is 10.1. The summed E-state index contributed by atoms with van der Waals surface area (Å²) in [5.74, 6) is 0.141. The largest absolute Gasteiger partial charge is 0.497 e. The second kappa shape index (κ2) is 9.16. The Morgan fingerprint density at radius 2 is 1.77 bits per heavy atom. The summed E-state index contributed by atoms with van der Waals surface area (Å²) in [7, 11) is 3.05. The first kappa shape index (κ1) is 21.6. The molecule has 1 aliphatic heterocycles. The highest BCUT2D eigenvalue weighted by Crippen LogP contribution is 2.35. The number of anilines is 1. The molecule has 0 spiro atoms. The van der Waals surface area contributed by atoms with Crippen LogP contribution in [0.4, 0.5) is 10.5 Å². The third-order valence-corrected chi connectivity index (χ3v) is 5.08. The Morgan fingerprint density at radius 3 is 2.37 bits per heavy atom. The SMILES string of the molecule is CCOc1cc(/C=C2\C(=O)NC(=O)N(c3ccc(OC)cc3)C2=O)cc(I)c1OC. The standard InChI is InChI=1S/C21H19IN2O6/c1-4-30-17-11-12(10-16(22)18(17)29-3)9-15-19(25)23-21(27)24(20(15)26)13-5-7-14(28-2)8-6-13/h5-11H,4H2,1-3H3,(H,23,25,27)/b15-9+. The van der Waals surface area contributed by atoms with Crippen LogP contribution in [0.2, 0.25) is 0 Å². The molecule has 0 radical (unpaired) electrons. The number of carbonyl (C=O) groups excluding carboxylic acids is 3. The highest BCUT2D eigenvalue weighted by molar-refractivity contribution is 14.1. The number of urea groups is 1. The van der Waals surface area contributed by atoms with Gasteiger partial charge in [0.15, 0.2) is 11.5 Å². The summed E-state index contributed by atoms with van der Waals surface area (Å²) in [6.45, 7) is 2.26. The van der Waals surface area contributed by atoms with Crippen LogP contribution in [-0.4, -0.2) is 38.7 Å². The minimum Gasteiger partial charge on any atom is -0.497 e. The molecule has 1 N–H and O–H groups in total. The molecule has 1 fully saturated rings. The molecule has 0 atom stereocenters. The number of ether oxygens (including phenoxy) is 3. The molecule has 1 saturated heterocycles. The van der Waals surface area contributed by atoms with Gasteiger partial charge in [-0.1, -0.05) is 0 Å². The predicted molar refractivity (Wildman–Crippen MR) is 119 cm³/mol. The molecule has 0 aromatic heterocycles. The highest BCUT2D eigenvalue weighted by Gasteiger charge is 2.36. The van der Waals surface area contributed by atoms with Crippen molar-refractivity contribution in [3.05, 3.63) is 51.1 Å². The van der Waals surface area contributed by atoms with Gasteiger partial charge in [-0.15, -0.1) is 0 Å². The maximum Gasteiger partial charge on any atom is 0.335 e. The number of nitrogens with one attached hydrogen (secondary N) is 1. The van der Waals surface area contributed by atoms with E-state index in [1.807, 2.05) is 6.92 Å². The molecular weight excluding hydrogens is 503 g/mol. The fourth-order valence-corrected chi connectivity index (χ4v) is 3.77. The molecule has 3 rings (SSSR count). The molecule has 30 heavy (non-hydrogen) atoms. The molecule has 0 saturated carbocycles. The zero-order valence-electron chi connectivity index (χ0n) is 16.5. The number of hydrogen-bond acceptors (Lipinski definition) is 6. The second-order valence-corrected chi connectivity index (χ2v) is 7.29. The van der Waals surface area contributed by atoms with Gasteiger partial charge in [0.1, 0.15) is 11.3 Å². The number of nitrogens with zero attached hydrogens (tertiary/aromatic N) is 1. The van der Waals surface area contributed by atoms with Gasteiger partial charge in [-0.25, -0.2) is 9.69 Å². The molecule has 2 aromatic rings. The average molecular weight is 522 g/mol. The van der Waals surface area contributed by atoms with Crippen LogP contribution >= 0.6 is 22.6 Å². The Morgan fingerprint density at radius 1 is 1.07 bits per heavy atom. The number of hydrogen-bond donors (Lipinski definition) is 1. The molecular formula is C21H19IN2O6. The van der Waals surface area contributed by atoms with Crippen LogP contribution in [0.5, 0.6) is 17.2 Å². The third kappa shape index (κ3) is 4.25. The monoisotopic (exact) mass is 522 g/mol. The molecule has 9 heteroatoms. The van der Waals surface area contributed by atoms with E-state index in [9.17, 15) is 14.4 Å². The Labute approximate surface area is 186 Å². The summed E-state index contributed by atoms with van der Waals surface area (Å²) >= 11 is 2.08. The van der Waals surface area contributed by atoms with Crippen molar-refractivity contribution in [3.63, 3.8) is 0 Å². The number of rotatable bonds is 6. The van der Waals surface area contributed by atoms with Crippen molar-refractivity contribution < 1.29 is 28.6 Å². The Balaban J connectivity index is 2.02. The van der Waals surface area contributed by atoms with E-state index in [2.05, 4.69) is 27.9 Å². The predicted octanol–water partition coefficient (Wildman–Crippen LogP) is 3.37. The van der Waals surface area contributed by atoms with Crippen LogP contribution in [0.3, 0.4) is 0 Å². The number of barbiturate groups is 1. The van der Waals surface area contributed by atoms with Gasteiger partial charge in [-0.2, -0.15) is 0 Å². The molecule has 8 nitrogen and oxygen atoms in total. The molecule has 156 valence electrons. The number of benzene rings is 2. The minimum atomic E-state index is -0.813. The molecule has 0 unspecified atom stereocenters. The zero-order valence-corrected chi connectivity index (χ0v) is 18.7. The first-order valence-electron chi connectivity index (χ1n) is 8.95. The van der Waals surface area contributed by atoms with Crippen LogP contribution in [0.1, 0.15) is 12.5 Å². The van der Waals surface area contributed by atoms with E-state index in [1.54, 1.807) is 36.4 Å². The molecule has 0 bridgehead atoms. The van der Waals surface area contributed by atoms with Crippen molar-refractivity contribution in [2.75, 3.05) is 25.7 Å². The van der Waals surface area contributed by atoms with E-state index in [0.29, 0.717) is 35.1 Å². The number of amides is 4. The van der Waals surface area contributed by atoms with E-state index in [0.717, 1.165) is 8.47 Å². The van der Waals surface area contributed by atoms with Crippen LogP contribution in [0, 0.1) is 3.57 Å². The topological polar surface area (TPSA) is 94.2 Å². The van der Waals surface area contributed by atoms with Gasteiger partial charge in [-0.05, 0) is 77.6 Å². The zero-order chi connectivity index (χ0) is 21.8. The van der Waals surface area contributed by atoms with Crippen molar-refractivity contribution in [1.82, 2.24) is 5.32 Å². The van der Waals surface area contributed by atoms with Gasteiger partial charge in [0.25, 0.3) is 11.8 Å². The van der Waals surface area contributed by atoms with Crippen molar-refractivity contribution >= 4 is 52.2 Å². The minimum absolute atomic E-state index is 0.172. The fourth-order valence-electron chi connectivity index (χ4n) is 2.92. The van der Waals surface area contributed by atoms with Crippen LogP contribution < -0.4 is 24.4 Å². The lowest BCUT2D eigenvalue weighted by Gasteiger charge is -2.26. The maximum absolute atomic E-state index is 13.0. The van der Waals surface area contributed by atoms with Crippen molar-refractivity contribution in [3.8, 4) is 17.2 Å². The number of imide groups is 2. The quantitative estimate of drug-likeness (QED) is 0.355. The highest BCUT2D eigenvalue weighted by atomic mass is 127. The van der Waals surface area contributed by atoms with Gasteiger partial charge in [0, 0.05) is 0 Å². The summed E-state index contributed by atoms with van der Waals surface area (Å²) in [6, 6.07) is 8.98. The van der Waals surface area contributed by atoms with Crippen molar-refractivity contribution in [2.24, 2.45) is 0 Å². The van der Waals surface area contributed by atoms with E-state index in [-0.39, 0.29) is 5.57 Å². The summed E-state index contributed by atoms with van der Waals surface area (Å²) < 4.78 is 16.8. The third-order valence-electron chi connectivity index (χ3n) is 4.28. The van der Waals surface area contributed by atoms with Crippen LogP contribution in [0.15, 0.2) is 42.0 Å². The summed E-state index contributed by atoms with van der Waals surface area (Å²) in [4.78, 5) is 38.6. The molecule has 0 aliphatic carbocycles. The van der Waals surface area contributed by atoms with Gasteiger partial charge in [0.05, 0.1) is 30.1 Å². The van der Waals surface area contributed by atoms with E-state index in [1.165, 1.54) is 20.3 Å². The van der Waals surface area contributed by atoms with E-state index >= 15 is 0 Å². The second-order valence-electron chi connectivity index (χ2n) is 6.12. The van der Waals surface area contributed by atoms with Crippen LogP contribution in [0.25, 0.3) is 6.08 Å². The first-order chi connectivity index (χ1) is 14.4. The summed E-state index contributed by atoms with van der Waals surface area (Å²) in [6.07, 6.45) is 1.42. The number of methoxy groups -OCH3 is 2. The lowest BCUT2D eigenvalue weighted by molar-refractivity contribution is -0.122. The maximum atomic E-state index is 13.0. The Kier molecular flexibility index (Phi) is 6.60. The summed E-state index contributed by atoms with van der Waals surface area (Å²) in [5.41, 5.74) is 0.705. The number of halogens is 1. The average Bonchev–Trinajstić information content (AvgIpc) is 2.71. The lowest BCUT2D eigenvalue weighted by Crippen LogP contribution is -2.54. The smallest absolute Gasteiger partial charge is 0.335 e.